The fourth-order valence-corrected chi connectivity index (χ4v) is 4.83. The smallest absolute Gasteiger partial charge is 0.175 e. The Hall–Kier alpha value is -2.07. The molecule has 0 radical (unpaired) electrons. The topological polar surface area (TPSA) is 70.4 Å². The zero-order chi connectivity index (χ0) is 21.9. The number of hydrogen-bond donors (Lipinski definition) is 0. The lowest BCUT2D eigenvalue weighted by Crippen LogP contribution is -2.33. The Labute approximate surface area is 184 Å². The zero-order valence-electron chi connectivity index (χ0n) is 17.5. The SMILES string of the molecule is C[C@@H]1CN([C@H](C)Cc2cc(Cl)cc(C#N)c2)C[C@H]1COc1ccc(S(C)(=O)=O)cc1. The molecule has 0 unspecified atom stereocenters. The molecule has 0 saturated carbocycles. The van der Waals surface area contributed by atoms with E-state index in [1.807, 2.05) is 12.1 Å². The third kappa shape index (κ3) is 5.75. The van der Waals surface area contributed by atoms with E-state index in [1.165, 1.54) is 6.26 Å². The zero-order valence-corrected chi connectivity index (χ0v) is 19.1. The lowest BCUT2D eigenvalue weighted by Gasteiger charge is -2.24. The van der Waals surface area contributed by atoms with Crippen molar-refractivity contribution in [2.75, 3.05) is 26.0 Å². The van der Waals surface area contributed by atoms with Crippen molar-refractivity contribution in [3.63, 3.8) is 0 Å². The van der Waals surface area contributed by atoms with Crippen LogP contribution in [-0.2, 0) is 16.3 Å². The van der Waals surface area contributed by atoms with Gasteiger partial charge in [0, 0.05) is 36.3 Å². The maximum absolute atomic E-state index is 11.6. The summed E-state index contributed by atoms with van der Waals surface area (Å²) >= 11 is 6.14. The molecule has 2 aromatic rings. The van der Waals surface area contributed by atoms with Crippen molar-refractivity contribution in [3.05, 3.63) is 58.6 Å². The highest BCUT2D eigenvalue weighted by molar-refractivity contribution is 7.90. The van der Waals surface area contributed by atoms with Crippen LogP contribution in [0.3, 0.4) is 0 Å². The van der Waals surface area contributed by atoms with Gasteiger partial charge in [0.05, 0.1) is 23.1 Å². The second kappa shape index (κ2) is 9.38. The van der Waals surface area contributed by atoms with Gasteiger partial charge in [-0.05, 0) is 67.3 Å². The van der Waals surface area contributed by atoms with Crippen LogP contribution in [0.25, 0.3) is 0 Å². The fourth-order valence-electron chi connectivity index (χ4n) is 3.94. The first-order valence-electron chi connectivity index (χ1n) is 10.0. The summed E-state index contributed by atoms with van der Waals surface area (Å²) in [7, 11) is -3.20. The highest BCUT2D eigenvalue weighted by Gasteiger charge is 2.32. The molecular formula is C23H27ClN2O3S. The van der Waals surface area contributed by atoms with E-state index in [0.717, 1.165) is 25.1 Å². The van der Waals surface area contributed by atoms with Crippen molar-refractivity contribution < 1.29 is 13.2 Å². The molecular weight excluding hydrogens is 420 g/mol. The molecule has 30 heavy (non-hydrogen) atoms. The number of halogens is 1. The van der Waals surface area contributed by atoms with Crippen molar-refractivity contribution in [1.82, 2.24) is 4.90 Å². The third-order valence-corrected chi connectivity index (χ3v) is 7.10. The first-order valence-corrected chi connectivity index (χ1v) is 12.3. The molecule has 160 valence electrons. The number of likely N-dealkylation sites (tertiary alicyclic amines) is 1. The molecule has 0 aliphatic carbocycles. The van der Waals surface area contributed by atoms with Crippen LogP contribution in [0.4, 0.5) is 0 Å². The van der Waals surface area contributed by atoms with Gasteiger partial charge in [-0.15, -0.1) is 0 Å². The number of ether oxygens (including phenoxy) is 1. The van der Waals surface area contributed by atoms with Gasteiger partial charge in [-0.3, -0.25) is 4.90 Å². The Balaban J connectivity index is 1.56. The highest BCUT2D eigenvalue weighted by atomic mass is 35.5. The largest absolute Gasteiger partial charge is 0.493 e. The third-order valence-electron chi connectivity index (χ3n) is 5.75. The number of rotatable bonds is 7. The van der Waals surface area contributed by atoms with Gasteiger partial charge in [0.15, 0.2) is 9.84 Å². The van der Waals surface area contributed by atoms with E-state index in [4.69, 9.17) is 21.6 Å². The van der Waals surface area contributed by atoms with Crippen LogP contribution in [0.2, 0.25) is 5.02 Å². The first-order chi connectivity index (χ1) is 14.2. The number of nitriles is 1. The minimum absolute atomic E-state index is 0.296. The highest BCUT2D eigenvalue weighted by Crippen LogP contribution is 2.27. The van der Waals surface area contributed by atoms with E-state index in [0.29, 0.717) is 45.7 Å². The van der Waals surface area contributed by atoms with Gasteiger partial charge >= 0.3 is 0 Å². The Morgan fingerprint density at radius 1 is 1.23 bits per heavy atom. The van der Waals surface area contributed by atoms with E-state index in [2.05, 4.69) is 24.8 Å². The van der Waals surface area contributed by atoms with Crippen molar-refractivity contribution in [1.29, 1.82) is 5.26 Å². The van der Waals surface area contributed by atoms with E-state index >= 15 is 0 Å². The van der Waals surface area contributed by atoms with Crippen LogP contribution in [0, 0.1) is 23.2 Å². The molecule has 1 heterocycles. The van der Waals surface area contributed by atoms with Gasteiger partial charge in [-0.1, -0.05) is 18.5 Å². The Kier molecular flexibility index (Phi) is 7.07. The standard InChI is InChI=1S/C23H27ClN2O3S/c1-16-13-26(17(2)8-18-9-19(12-25)11-21(24)10-18)14-20(16)15-29-22-4-6-23(7-5-22)30(3,27)28/h4-7,9-11,16-17,20H,8,13-15H2,1-3H3/t16-,17-,20+/m1/s1. The van der Waals surface area contributed by atoms with Crippen LogP contribution in [0.15, 0.2) is 47.4 Å². The summed E-state index contributed by atoms with van der Waals surface area (Å²) in [5, 5.41) is 9.74. The van der Waals surface area contributed by atoms with Crippen molar-refractivity contribution in [2.24, 2.45) is 11.8 Å². The van der Waals surface area contributed by atoms with Gasteiger partial charge in [-0.2, -0.15) is 5.26 Å². The molecule has 0 bridgehead atoms. The van der Waals surface area contributed by atoms with Gasteiger partial charge in [0.25, 0.3) is 0 Å². The molecule has 1 saturated heterocycles. The molecule has 1 aliphatic rings. The number of sulfone groups is 1. The van der Waals surface area contributed by atoms with Crippen LogP contribution in [0.5, 0.6) is 5.75 Å². The Morgan fingerprint density at radius 3 is 2.57 bits per heavy atom. The summed E-state index contributed by atoms with van der Waals surface area (Å²) in [6.07, 6.45) is 2.03. The molecule has 0 amide bonds. The van der Waals surface area contributed by atoms with Crippen LogP contribution in [-0.4, -0.2) is 45.3 Å². The number of nitrogens with zero attached hydrogens (tertiary/aromatic N) is 2. The second-order valence-electron chi connectivity index (χ2n) is 8.26. The van der Waals surface area contributed by atoms with Crippen molar-refractivity contribution in [3.8, 4) is 11.8 Å². The number of benzene rings is 2. The fraction of sp³-hybridized carbons (Fsp3) is 0.435. The average molecular weight is 447 g/mol. The lowest BCUT2D eigenvalue weighted by atomic mass is 9.99. The molecule has 2 aromatic carbocycles. The summed E-state index contributed by atoms with van der Waals surface area (Å²) in [6, 6.07) is 14.6. The minimum Gasteiger partial charge on any atom is -0.493 e. The summed E-state index contributed by atoms with van der Waals surface area (Å²) < 4.78 is 29.1. The quantitative estimate of drug-likeness (QED) is 0.637. The lowest BCUT2D eigenvalue weighted by molar-refractivity contribution is 0.211. The summed E-state index contributed by atoms with van der Waals surface area (Å²) in [4.78, 5) is 2.75. The summed E-state index contributed by atoms with van der Waals surface area (Å²) in [6.45, 7) is 6.97. The summed E-state index contributed by atoms with van der Waals surface area (Å²) in [5.74, 6) is 1.58. The van der Waals surface area contributed by atoms with Crippen LogP contribution in [0.1, 0.15) is 25.0 Å². The van der Waals surface area contributed by atoms with Gasteiger partial charge in [0.2, 0.25) is 0 Å². The Morgan fingerprint density at radius 2 is 1.93 bits per heavy atom. The molecule has 0 spiro atoms. The van der Waals surface area contributed by atoms with E-state index in [9.17, 15) is 8.42 Å². The molecule has 1 aliphatic heterocycles. The van der Waals surface area contributed by atoms with Gasteiger partial charge in [0.1, 0.15) is 5.75 Å². The van der Waals surface area contributed by atoms with E-state index in [1.54, 1.807) is 30.3 Å². The Bertz CT molecular complexity index is 1030. The molecule has 0 aromatic heterocycles. The maximum atomic E-state index is 11.6. The first kappa shape index (κ1) is 22.6. The van der Waals surface area contributed by atoms with Crippen LogP contribution < -0.4 is 4.74 Å². The monoisotopic (exact) mass is 446 g/mol. The molecule has 0 N–H and O–H groups in total. The normalized spacial score (nSPS) is 20.6. The van der Waals surface area contributed by atoms with Gasteiger partial charge in [-0.25, -0.2) is 8.42 Å². The minimum atomic E-state index is -3.20. The molecule has 5 nitrogen and oxygen atoms in total. The summed E-state index contributed by atoms with van der Waals surface area (Å²) in [5.41, 5.74) is 1.66. The van der Waals surface area contributed by atoms with Crippen LogP contribution >= 0.6 is 11.6 Å². The maximum Gasteiger partial charge on any atom is 0.175 e. The second-order valence-corrected chi connectivity index (χ2v) is 10.7. The predicted octanol–water partition coefficient (Wildman–Crippen LogP) is 4.19. The van der Waals surface area contributed by atoms with E-state index in [-0.39, 0.29) is 0 Å². The van der Waals surface area contributed by atoms with Crippen molar-refractivity contribution in [2.45, 2.75) is 31.2 Å². The molecule has 3 atom stereocenters. The molecule has 1 fully saturated rings. The average Bonchev–Trinajstić information content (AvgIpc) is 3.06. The number of hydrogen-bond acceptors (Lipinski definition) is 5. The van der Waals surface area contributed by atoms with Crippen molar-refractivity contribution >= 4 is 21.4 Å². The van der Waals surface area contributed by atoms with Gasteiger partial charge < -0.3 is 4.74 Å². The predicted molar refractivity (Wildman–Crippen MR) is 119 cm³/mol. The molecule has 3 rings (SSSR count). The van der Waals surface area contributed by atoms with E-state index < -0.39 is 9.84 Å². The molecule has 7 heteroatoms.